The number of carbonyl (C=O) groups excluding carboxylic acids is 2. The van der Waals surface area contributed by atoms with Crippen LogP contribution in [0, 0.1) is 0 Å². The number of carbonyl (C=O) groups is 2. The fourth-order valence-corrected chi connectivity index (χ4v) is 3.33. The molecule has 0 spiro atoms. The maximum absolute atomic E-state index is 13.3. The molecular weight excluding hydrogens is 376 g/mol. The third-order valence-electron chi connectivity index (χ3n) is 4.72. The highest BCUT2D eigenvalue weighted by molar-refractivity contribution is 5.88. The van der Waals surface area contributed by atoms with Gasteiger partial charge in [-0.15, -0.1) is 0 Å². The van der Waals surface area contributed by atoms with Gasteiger partial charge in [-0.1, -0.05) is 49.4 Å². The Morgan fingerprint density at radius 2 is 1.70 bits per heavy atom. The van der Waals surface area contributed by atoms with Crippen LogP contribution in [0.1, 0.15) is 51.7 Å². The Bertz CT molecular complexity index is 828. The molecule has 0 bridgehead atoms. The van der Waals surface area contributed by atoms with Crippen LogP contribution >= 0.6 is 0 Å². The van der Waals surface area contributed by atoms with Crippen molar-refractivity contribution in [2.75, 3.05) is 7.11 Å². The lowest BCUT2D eigenvalue weighted by atomic mass is 10.00. The van der Waals surface area contributed by atoms with E-state index in [0.29, 0.717) is 19.4 Å². The van der Waals surface area contributed by atoms with Crippen molar-refractivity contribution >= 4 is 11.8 Å². The number of amides is 2. The Kier molecular flexibility index (Phi) is 8.46. The van der Waals surface area contributed by atoms with Gasteiger partial charge in [0.2, 0.25) is 11.8 Å². The zero-order valence-corrected chi connectivity index (χ0v) is 18.8. The molecule has 1 N–H and O–H groups in total. The number of ether oxygens (including phenoxy) is 1. The first-order valence-corrected chi connectivity index (χ1v) is 10.5. The van der Waals surface area contributed by atoms with Crippen LogP contribution in [-0.4, -0.2) is 35.4 Å². The topological polar surface area (TPSA) is 58.6 Å². The molecule has 1 atom stereocenters. The van der Waals surface area contributed by atoms with Crippen LogP contribution in [0.25, 0.3) is 0 Å². The molecule has 0 aliphatic carbocycles. The fraction of sp³-hybridized carbons (Fsp3) is 0.440. The molecule has 0 heterocycles. The van der Waals surface area contributed by atoms with Crippen molar-refractivity contribution in [1.29, 1.82) is 0 Å². The number of benzene rings is 2. The molecule has 0 radical (unpaired) electrons. The van der Waals surface area contributed by atoms with E-state index in [1.165, 1.54) is 0 Å². The van der Waals surface area contributed by atoms with Crippen molar-refractivity contribution in [2.45, 2.75) is 65.1 Å². The Balaban J connectivity index is 2.41. The minimum absolute atomic E-state index is 0.0229. The molecule has 0 saturated heterocycles. The molecule has 2 aromatic rings. The van der Waals surface area contributed by atoms with Gasteiger partial charge in [0, 0.05) is 24.9 Å². The van der Waals surface area contributed by atoms with Crippen molar-refractivity contribution < 1.29 is 14.3 Å². The lowest BCUT2D eigenvalue weighted by Gasteiger charge is -2.34. The Labute approximate surface area is 180 Å². The molecule has 0 aliphatic rings. The monoisotopic (exact) mass is 410 g/mol. The molecule has 30 heavy (non-hydrogen) atoms. The van der Waals surface area contributed by atoms with Gasteiger partial charge >= 0.3 is 0 Å². The second kappa shape index (κ2) is 10.8. The van der Waals surface area contributed by atoms with E-state index in [1.54, 1.807) is 12.0 Å². The largest absolute Gasteiger partial charge is 0.497 e. The van der Waals surface area contributed by atoms with E-state index in [0.717, 1.165) is 23.3 Å². The van der Waals surface area contributed by atoms with Crippen LogP contribution in [0.5, 0.6) is 5.75 Å². The molecular formula is C25H34N2O3. The summed E-state index contributed by atoms with van der Waals surface area (Å²) in [6.07, 6.45) is 1.59. The lowest BCUT2D eigenvalue weighted by Crippen LogP contribution is -2.54. The highest BCUT2D eigenvalue weighted by Crippen LogP contribution is 2.20. The van der Waals surface area contributed by atoms with Gasteiger partial charge in [0.05, 0.1) is 7.11 Å². The zero-order valence-electron chi connectivity index (χ0n) is 18.8. The minimum Gasteiger partial charge on any atom is -0.497 e. The number of nitrogens with zero attached hydrogens (tertiary/aromatic N) is 1. The molecule has 0 aliphatic heterocycles. The molecule has 5 heteroatoms. The Morgan fingerprint density at radius 1 is 1.03 bits per heavy atom. The van der Waals surface area contributed by atoms with Gasteiger partial charge < -0.3 is 15.0 Å². The van der Waals surface area contributed by atoms with Crippen molar-refractivity contribution in [3.05, 3.63) is 65.7 Å². The second-order valence-electron chi connectivity index (χ2n) is 8.57. The summed E-state index contributed by atoms with van der Waals surface area (Å²) in [4.78, 5) is 28.1. The van der Waals surface area contributed by atoms with E-state index >= 15 is 0 Å². The smallest absolute Gasteiger partial charge is 0.243 e. The van der Waals surface area contributed by atoms with Crippen LogP contribution in [-0.2, 0) is 22.6 Å². The minimum atomic E-state index is -0.600. The van der Waals surface area contributed by atoms with E-state index in [-0.39, 0.29) is 17.4 Å². The number of rotatable bonds is 9. The quantitative estimate of drug-likeness (QED) is 0.669. The molecule has 2 aromatic carbocycles. The first-order chi connectivity index (χ1) is 14.2. The average molecular weight is 411 g/mol. The maximum atomic E-state index is 13.3. The molecule has 0 saturated carbocycles. The number of hydrogen-bond acceptors (Lipinski definition) is 3. The normalized spacial score (nSPS) is 12.2. The van der Waals surface area contributed by atoms with E-state index in [4.69, 9.17) is 4.74 Å². The zero-order chi connectivity index (χ0) is 22.1. The number of nitrogens with one attached hydrogen (secondary N) is 1. The van der Waals surface area contributed by atoms with Crippen molar-refractivity contribution in [3.8, 4) is 5.75 Å². The van der Waals surface area contributed by atoms with Crippen molar-refractivity contribution in [2.24, 2.45) is 0 Å². The summed E-state index contributed by atoms with van der Waals surface area (Å²) >= 11 is 0. The Hall–Kier alpha value is -2.82. The first kappa shape index (κ1) is 23.5. The summed E-state index contributed by atoms with van der Waals surface area (Å²) in [5, 5.41) is 3.07. The summed E-state index contributed by atoms with van der Waals surface area (Å²) in [6, 6.07) is 16.9. The average Bonchev–Trinajstić information content (AvgIpc) is 2.70. The SMILES string of the molecule is CCCC(=O)N(Cc1cccc(OC)c1)[C@H](Cc1ccccc1)C(=O)NC(C)(C)C. The van der Waals surface area contributed by atoms with Crippen LogP contribution in [0.3, 0.4) is 0 Å². The molecule has 0 fully saturated rings. The van der Waals surface area contributed by atoms with Crippen LogP contribution in [0.2, 0.25) is 0 Å². The third kappa shape index (κ3) is 7.21. The summed E-state index contributed by atoms with van der Waals surface area (Å²) in [5.41, 5.74) is 1.56. The fourth-order valence-electron chi connectivity index (χ4n) is 3.33. The van der Waals surface area contributed by atoms with Gasteiger partial charge in [0.15, 0.2) is 0 Å². The number of methoxy groups -OCH3 is 1. The summed E-state index contributed by atoms with van der Waals surface area (Å²) in [7, 11) is 1.62. The van der Waals surface area contributed by atoms with Crippen LogP contribution in [0.4, 0.5) is 0 Å². The molecule has 2 rings (SSSR count). The standard InChI is InChI=1S/C25H34N2O3/c1-6-11-23(28)27(18-20-14-10-15-21(16-20)30-5)22(24(29)26-25(2,3)4)17-19-12-8-7-9-13-19/h7-10,12-16,22H,6,11,17-18H2,1-5H3,(H,26,29)/t22-/m1/s1. The lowest BCUT2D eigenvalue weighted by molar-refractivity contribution is -0.142. The highest BCUT2D eigenvalue weighted by Gasteiger charge is 2.31. The summed E-state index contributed by atoms with van der Waals surface area (Å²) < 4.78 is 5.33. The van der Waals surface area contributed by atoms with E-state index in [1.807, 2.05) is 82.3 Å². The van der Waals surface area contributed by atoms with Gasteiger partial charge in [0.1, 0.15) is 11.8 Å². The number of hydrogen-bond donors (Lipinski definition) is 1. The van der Waals surface area contributed by atoms with Gasteiger partial charge in [0.25, 0.3) is 0 Å². The van der Waals surface area contributed by atoms with Gasteiger partial charge in [-0.3, -0.25) is 9.59 Å². The van der Waals surface area contributed by atoms with E-state index in [9.17, 15) is 9.59 Å². The molecule has 0 unspecified atom stereocenters. The first-order valence-electron chi connectivity index (χ1n) is 10.5. The van der Waals surface area contributed by atoms with Gasteiger partial charge in [-0.05, 0) is 50.5 Å². The third-order valence-corrected chi connectivity index (χ3v) is 4.72. The molecule has 0 aromatic heterocycles. The van der Waals surface area contributed by atoms with E-state index < -0.39 is 6.04 Å². The summed E-state index contributed by atoms with van der Waals surface area (Å²) in [6.45, 7) is 8.17. The van der Waals surface area contributed by atoms with Gasteiger partial charge in [-0.25, -0.2) is 0 Å². The van der Waals surface area contributed by atoms with Crippen LogP contribution in [0.15, 0.2) is 54.6 Å². The predicted octanol–water partition coefficient (Wildman–Crippen LogP) is 4.35. The Morgan fingerprint density at radius 3 is 2.30 bits per heavy atom. The van der Waals surface area contributed by atoms with Crippen LogP contribution < -0.4 is 10.1 Å². The van der Waals surface area contributed by atoms with Gasteiger partial charge in [-0.2, -0.15) is 0 Å². The predicted molar refractivity (Wildman–Crippen MR) is 120 cm³/mol. The maximum Gasteiger partial charge on any atom is 0.243 e. The highest BCUT2D eigenvalue weighted by atomic mass is 16.5. The summed E-state index contributed by atoms with van der Waals surface area (Å²) in [5.74, 6) is 0.568. The van der Waals surface area contributed by atoms with Crippen molar-refractivity contribution in [1.82, 2.24) is 10.2 Å². The second-order valence-corrected chi connectivity index (χ2v) is 8.57. The molecule has 162 valence electrons. The molecule has 2 amide bonds. The van der Waals surface area contributed by atoms with Crippen molar-refractivity contribution in [3.63, 3.8) is 0 Å². The van der Waals surface area contributed by atoms with E-state index in [2.05, 4.69) is 5.32 Å². The molecule has 5 nitrogen and oxygen atoms in total.